The van der Waals surface area contributed by atoms with Crippen molar-refractivity contribution in [3.63, 3.8) is 0 Å². The Bertz CT molecular complexity index is 497. The summed E-state index contributed by atoms with van der Waals surface area (Å²) in [6, 6.07) is 3.75. The number of carboxylic acids is 1. The van der Waals surface area contributed by atoms with Crippen LogP contribution < -0.4 is 10.1 Å². The first-order chi connectivity index (χ1) is 9.43. The molecular weight excluding hydrogens is 353 g/mol. The molecule has 0 aromatic heterocycles. The van der Waals surface area contributed by atoms with Crippen LogP contribution in [-0.4, -0.2) is 41.3 Å². The van der Waals surface area contributed by atoms with Gasteiger partial charge in [-0.15, -0.1) is 0 Å². The molecule has 20 heavy (non-hydrogen) atoms. The fourth-order valence-electron chi connectivity index (χ4n) is 1.36. The average Bonchev–Trinajstić information content (AvgIpc) is 2.37. The number of aliphatic hydroxyl groups is 1. The topological polar surface area (TPSA) is 95.9 Å². The minimum Gasteiger partial charge on any atom is -0.482 e. The van der Waals surface area contributed by atoms with Crippen LogP contribution >= 0.6 is 27.5 Å². The summed E-state index contributed by atoms with van der Waals surface area (Å²) >= 11 is 9.14. The summed E-state index contributed by atoms with van der Waals surface area (Å²) in [5, 5.41) is 20.1. The first-order valence-electron chi connectivity index (χ1n) is 5.65. The lowest BCUT2D eigenvalue weighted by Crippen LogP contribution is -2.43. The van der Waals surface area contributed by atoms with Gasteiger partial charge in [-0.05, 0) is 18.2 Å². The Balaban J connectivity index is 2.52. The summed E-state index contributed by atoms with van der Waals surface area (Å²) < 4.78 is 5.96. The Kier molecular flexibility index (Phi) is 6.77. The van der Waals surface area contributed by atoms with Crippen LogP contribution in [-0.2, 0) is 9.59 Å². The predicted octanol–water partition coefficient (Wildman–Crippen LogP) is 1.43. The molecule has 1 aromatic carbocycles. The van der Waals surface area contributed by atoms with E-state index in [0.29, 0.717) is 10.8 Å². The molecule has 3 N–H and O–H groups in total. The van der Waals surface area contributed by atoms with Gasteiger partial charge in [0.25, 0.3) is 5.91 Å². The molecule has 6 nitrogen and oxygen atoms in total. The first-order valence-corrected chi connectivity index (χ1v) is 6.82. The van der Waals surface area contributed by atoms with Crippen molar-refractivity contribution in [1.29, 1.82) is 0 Å². The van der Waals surface area contributed by atoms with E-state index in [1.165, 1.54) is 0 Å². The predicted molar refractivity (Wildman–Crippen MR) is 75.9 cm³/mol. The van der Waals surface area contributed by atoms with Gasteiger partial charge in [0.15, 0.2) is 6.61 Å². The van der Waals surface area contributed by atoms with Crippen LogP contribution in [0.25, 0.3) is 0 Å². The van der Waals surface area contributed by atoms with Crippen LogP contribution in [0.3, 0.4) is 0 Å². The highest BCUT2D eigenvalue weighted by Crippen LogP contribution is 2.27. The van der Waals surface area contributed by atoms with Crippen molar-refractivity contribution >= 4 is 39.4 Å². The van der Waals surface area contributed by atoms with E-state index >= 15 is 0 Å². The van der Waals surface area contributed by atoms with Crippen molar-refractivity contribution in [2.45, 2.75) is 12.5 Å². The van der Waals surface area contributed by atoms with Crippen LogP contribution in [0.5, 0.6) is 5.75 Å². The number of aliphatic hydroxyl groups excluding tert-OH is 1. The van der Waals surface area contributed by atoms with Gasteiger partial charge >= 0.3 is 5.97 Å². The lowest BCUT2D eigenvalue weighted by atomic mass is 10.2. The maximum Gasteiger partial charge on any atom is 0.326 e. The zero-order valence-electron chi connectivity index (χ0n) is 10.3. The molecule has 1 atom stereocenters. The van der Waals surface area contributed by atoms with Gasteiger partial charge in [-0.3, -0.25) is 4.79 Å². The Morgan fingerprint density at radius 2 is 2.15 bits per heavy atom. The molecule has 0 unspecified atom stereocenters. The van der Waals surface area contributed by atoms with Crippen molar-refractivity contribution in [2.24, 2.45) is 0 Å². The van der Waals surface area contributed by atoms with Gasteiger partial charge in [-0.2, -0.15) is 0 Å². The number of hydrogen-bond acceptors (Lipinski definition) is 4. The second-order valence-electron chi connectivity index (χ2n) is 3.83. The molecule has 1 aromatic rings. The monoisotopic (exact) mass is 365 g/mol. The molecule has 0 radical (unpaired) electrons. The van der Waals surface area contributed by atoms with E-state index in [9.17, 15) is 9.59 Å². The van der Waals surface area contributed by atoms with Crippen molar-refractivity contribution in [2.75, 3.05) is 13.2 Å². The first kappa shape index (κ1) is 16.7. The lowest BCUT2D eigenvalue weighted by Gasteiger charge is -2.14. The van der Waals surface area contributed by atoms with Gasteiger partial charge < -0.3 is 20.3 Å². The molecule has 0 fully saturated rings. The molecule has 0 heterocycles. The van der Waals surface area contributed by atoms with Gasteiger partial charge in [0.1, 0.15) is 11.8 Å². The minimum absolute atomic E-state index is 0.0693. The Morgan fingerprint density at radius 1 is 1.45 bits per heavy atom. The van der Waals surface area contributed by atoms with Gasteiger partial charge in [0.05, 0.1) is 5.02 Å². The molecule has 0 aliphatic carbocycles. The van der Waals surface area contributed by atoms with E-state index in [-0.39, 0.29) is 19.6 Å². The standard InChI is InChI=1S/C12H13BrClNO5/c13-7-1-2-10(8(14)5-7)20-6-11(17)15-9(3-4-16)12(18)19/h1-2,5,9,16H,3-4,6H2,(H,15,17)(H,18,19)/t9-/m1/s1. The largest absolute Gasteiger partial charge is 0.482 e. The summed E-state index contributed by atoms with van der Waals surface area (Å²) in [5.74, 6) is -1.50. The summed E-state index contributed by atoms with van der Waals surface area (Å²) in [5.41, 5.74) is 0. The van der Waals surface area contributed by atoms with Crippen molar-refractivity contribution < 1.29 is 24.5 Å². The Morgan fingerprint density at radius 3 is 2.70 bits per heavy atom. The summed E-state index contributed by atoms with van der Waals surface area (Å²) in [7, 11) is 0. The maximum atomic E-state index is 11.6. The fourth-order valence-corrected chi connectivity index (χ4v) is 2.09. The number of aliphatic carboxylic acids is 1. The van der Waals surface area contributed by atoms with Gasteiger partial charge in [-0.1, -0.05) is 27.5 Å². The average molecular weight is 367 g/mol. The van der Waals surface area contributed by atoms with Gasteiger partial charge in [-0.25, -0.2) is 4.79 Å². The number of carboxylic acid groups (broad SMARTS) is 1. The molecule has 8 heteroatoms. The number of rotatable bonds is 7. The van der Waals surface area contributed by atoms with E-state index in [4.69, 9.17) is 26.6 Å². The molecule has 0 aliphatic rings. The number of carbonyl (C=O) groups excluding carboxylic acids is 1. The van der Waals surface area contributed by atoms with Crippen LogP contribution in [0.15, 0.2) is 22.7 Å². The molecule has 0 saturated carbocycles. The van der Waals surface area contributed by atoms with E-state index in [0.717, 1.165) is 4.47 Å². The molecule has 0 bridgehead atoms. The summed E-state index contributed by atoms with van der Waals surface area (Å²) in [6.07, 6.45) is -0.0693. The number of halogens is 2. The quantitative estimate of drug-likeness (QED) is 0.678. The van der Waals surface area contributed by atoms with E-state index in [2.05, 4.69) is 21.2 Å². The lowest BCUT2D eigenvalue weighted by molar-refractivity contribution is -0.142. The number of ether oxygens (including phenoxy) is 1. The molecule has 0 aliphatic heterocycles. The highest BCUT2D eigenvalue weighted by Gasteiger charge is 2.19. The normalized spacial score (nSPS) is 11.8. The minimum atomic E-state index is -1.21. The third kappa shape index (κ3) is 5.36. The van der Waals surface area contributed by atoms with Crippen molar-refractivity contribution in [3.8, 4) is 5.75 Å². The molecule has 0 saturated heterocycles. The van der Waals surface area contributed by atoms with Crippen molar-refractivity contribution in [1.82, 2.24) is 5.32 Å². The second-order valence-corrected chi connectivity index (χ2v) is 5.16. The second kappa shape index (κ2) is 8.08. The van der Waals surface area contributed by atoms with Gasteiger partial charge in [0, 0.05) is 17.5 Å². The van der Waals surface area contributed by atoms with E-state index < -0.39 is 17.9 Å². The number of amides is 1. The number of nitrogens with one attached hydrogen (secondary N) is 1. The third-order valence-electron chi connectivity index (χ3n) is 2.30. The molecule has 0 spiro atoms. The Hall–Kier alpha value is -1.31. The zero-order valence-corrected chi connectivity index (χ0v) is 12.6. The summed E-state index contributed by atoms with van der Waals surface area (Å²) in [6.45, 7) is -0.701. The zero-order chi connectivity index (χ0) is 15.1. The van der Waals surface area contributed by atoms with E-state index in [1.807, 2.05) is 0 Å². The third-order valence-corrected chi connectivity index (χ3v) is 3.09. The molecule has 1 amide bonds. The number of carbonyl (C=O) groups is 2. The van der Waals surface area contributed by atoms with Crippen LogP contribution in [0.2, 0.25) is 5.02 Å². The highest BCUT2D eigenvalue weighted by atomic mass is 79.9. The van der Waals surface area contributed by atoms with Crippen molar-refractivity contribution in [3.05, 3.63) is 27.7 Å². The molecule has 110 valence electrons. The van der Waals surface area contributed by atoms with E-state index in [1.54, 1.807) is 18.2 Å². The molecular formula is C12H13BrClNO5. The van der Waals surface area contributed by atoms with Crippen LogP contribution in [0.4, 0.5) is 0 Å². The Labute approximate surface area is 128 Å². The smallest absolute Gasteiger partial charge is 0.326 e. The molecule has 1 rings (SSSR count). The summed E-state index contributed by atoms with van der Waals surface area (Å²) in [4.78, 5) is 22.3. The number of hydrogen-bond donors (Lipinski definition) is 3. The highest BCUT2D eigenvalue weighted by molar-refractivity contribution is 9.10. The van der Waals surface area contributed by atoms with Crippen LogP contribution in [0.1, 0.15) is 6.42 Å². The fraction of sp³-hybridized carbons (Fsp3) is 0.333. The number of benzene rings is 1. The van der Waals surface area contributed by atoms with Gasteiger partial charge in [0.2, 0.25) is 0 Å². The van der Waals surface area contributed by atoms with Crippen LogP contribution in [0, 0.1) is 0 Å². The SMILES string of the molecule is O=C(COc1ccc(Br)cc1Cl)N[C@H](CCO)C(=O)O. The maximum absolute atomic E-state index is 11.6.